The first-order valence-corrected chi connectivity index (χ1v) is 14.4. The van der Waals surface area contributed by atoms with Gasteiger partial charge in [0.1, 0.15) is 11.9 Å². The molecule has 3 amide bonds. The van der Waals surface area contributed by atoms with Gasteiger partial charge in [-0.3, -0.25) is 9.52 Å². The minimum absolute atomic E-state index is 0.00367. The van der Waals surface area contributed by atoms with Gasteiger partial charge in [-0.1, -0.05) is 13.0 Å². The predicted molar refractivity (Wildman–Crippen MR) is 150 cm³/mol. The van der Waals surface area contributed by atoms with Gasteiger partial charge in [0.25, 0.3) is 15.9 Å². The first-order chi connectivity index (χ1) is 19.4. The molecule has 0 aliphatic carbocycles. The predicted octanol–water partition coefficient (Wildman–Crippen LogP) is 2.74. The van der Waals surface area contributed by atoms with Gasteiger partial charge in [-0.15, -0.1) is 0 Å². The number of aliphatic hydroxyl groups excluding tert-OH is 1. The van der Waals surface area contributed by atoms with E-state index in [4.69, 9.17) is 4.74 Å². The number of carbonyl (C=O) groups excluding carboxylic acids is 2. The average molecular weight is 589 g/mol. The highest BCUT2D eigenvalue weighted by Gasteiger charge is 2.35. The van der Waals surface area contributed by atoms with Crippen LogP contribution in [0, 0.1) is 11.7 Å². The van der Waals surface area contributed by atoms with E-state index in [9.17, 15) is 27.5 Å². The number of rotatable bonds is 8. The third-order valence-electron chi connectivity index (χ3n) is 6.79. The lowest BCUT2D eigenvalue weighted by atomic mass is 9.99. The van der Waals surface area contributed by atoms with Crippen LogP contribution in [0.15, 0.2) is 60.0 Å². The molecule has 0 radical (unpaired) electrons. The fraction of sp³-hybridized carbons (Fsp3) is 0.370. The highest BCUT2D eigenvalue weighted by molar-refractivity contribution is 7.92. The number of amides is 3. The Hall–Kier alpha value is -4.17. The lowest BCUT2D eigenvalue weighted by Crippen LogP contribution is -2.50. The molecule has 0 bridgehead atoms. The first-order valence-electron chi connectivity index (χ1n) is 12.9. The van der Waals surface area contributed by atoms with E-state index >= 15 is 0 Å². The summed E-state index contributed by atoms with van der Waals surface area (Å²) in [7, 11) is -0.937. The maximum atomic E-state index is 13.6. The number of halogens is 1. The van der Waals surface area contributed by atoms with E-state index in [0.717, 1.165) is 0 Å². The molecule has 0 spiro atoms. The maximum Gasteiger partial charge on any atom is 0.321 e. The fourth-order valence-electron chi connectivity index (χ4n) is 4.37. The Morgan fingerprint density at radius 1 is 1.27 bits per heavy atom. The van der Waals surface area contributed by atoms with Crippen molar-refractivity contribution in [2.24, 2.45) is 13.0 Å². The number of aryl methyl sites for hydroxylation is 1. The van der Waals surface area contributed by atoms with Gasteiger partial charge in [0.2, 0.25) is 0 Å². The lowest BCUT2D eigenvalue weighted by Gasteiger charge is -2.38. The zero-order valence-electron chi connectivity index (χ0n) is 23.1. The number of carbonyl (C=O) groups is 2. The van der Waals surface area contributed by atoms with Gasteiger partial charge in [-0.05, 0) is 43.3 Å². The molecule has 4 rings (SSSR count). The van der Waals surface area contributed by atoms with Crippen LogP contribution in [0.4, 0.5) is 20.6 Å². The van der Waals surface area contributed by atoms with Crippen LogP contribution in [-0.2, 0) is 17.1 Å². The Morgan fingerprint density at radius 3 is 2.61 bits per heavy atom. The number of anilines is 2. The number of aromatic nitrogens is 2. The fourth-order valence-corrected chi connectivity index (χ4v) is 5.42. The second-order valence-corrected chi connectivity index (χ2v) is 11.7. The molecule has 1 aliphatic heterocycles. The van der Waals surface area contributed by atoms with Gasteiger partial charge in [0, 0.05) is 38.4 Å². The monoisotopic (exact) mass is 588 g/mol. The van der Waals surface area contributed by atoms with Crippen molar-refractivity contribution in [3.05, 3.63) is 66.4 Å². The van der Waals surface area contributed by atoms with Gasteiger partial charge in [0.05, 0.1) is 36.8 Å². The third kappa shape index (κ3) is 6.77. The van der Waals surface area contributed by atoms with E-state index in [-0.39, 0.29) is 47.6 Å². The molecular weight excluding hydrogens is 555 g/mol. The number of hydrogen-bond donors (Lipinski definition) is 3. The van der Waals surface area contributed by atoms with Gasteiger partial charge in [-0.25, -0.2) is 14.2 Å². The van der Waals surface area contributed by atoms with Crippen molar-refractivity contribution in [2.45, 2.75) is 31.0 Å². The van der Waals surface area contributed by atoms with Crippen molar-refractivity contribution in [3.63, 3.8) is 0 Å². The summed E-state index contributed by atoms with van der Waals surface area (Å²) < 4.78 is 49.8. The van der Waals surface area contributed by atoms with Crippen LogP contribution < -0.4 is 14.8 Å². The Labute approximate surface area is 237 Å². The number of urea groups is 1. The normalized spacial score (nSPS) is 18.0. The molecule has 3 aromatic rings. The number of benzene rings is 2. The standard InChI is InChI=1S/C27H33FN6O6S/c1-17-12-34(18(2)15-35)26(36)21-6-5-7-22(31-41(38,39)24-14-32(3)16-29-24)25(21)40-23(17)13-33(4)27(37)30-20-10-8-19(28)9-11-20/h5-11,14,16-18,23,31,35H,12-13,15H2,1-4H3,(H,30,37)/t17-,18+,23+/m0/s1. The Morgan fingerprint density at radius 2 is 1.98 bits per heavy atom. The maximum absolute atomic E-state index is 13.6. The van der Waals surface area contributed by atoms with Crippen molar-refractivity contribution < 1.29 is 32.2 Å². The molecule has 3 N–H and O–H groups in total. The zero-order chi connectivity index (χ0) is 29.9. The van der Waals surface area contributed by atoms with E-state index in [2.05, 4.69) is 15.0 Å². The van der Waals surface area contributed by atoms with Gasteiger partial charge in [0.15, 0.2) is 10.8 Å². The smallest absolute Gasteiger partial charge is 0.321 e. The van der Waals surface area contributed by atoms with Crippen LogP contribution >= 0.6 is 0 Å². The molecule has 1 aliphatic rings. The van der Waals surface area contributed by atoms with Crippen LogP contribution in [0.2, 0.25) is 0 Å². The van der Waals surface area contributed by atoms with E-state index < -0.39 is 39.9 Å². The van der Waals surface area contributed by atoms with Crippen LogP contribution in [0.5, 0.6) is 5.75 Å². The number of fused-ring (bicyclic) bond motifs is 1. The highest BCUT2D eigenvalue weighted by Crippen LogP contribution is 2.36. The number of nitrogens with zero attached hydrogens (tertiary/aromatic N) is 4. The van der Waals surface area contributed by atoms with E-state index in [1.807, 2.05) is 6.92 Å². The summed E-state index contributed by atoms with van der Waals surface area (Å²) in [6, 6.07) is 8.84. The highest BCUT2D eigenvalue weighted by atomic mass is 32.2. The van der Waals surface area contributed by atoms with Crippen molar-refractivity contribution in [1.29, 1.82) is 0 Å². The molecule has 12 nitrogen and oxygen atoms in total. The van der Waals surface area contributed by atoms with Gasteiger partial charge in [-0.2, -0.15) is 8.42 Å². The summed E-state index contributed by atoms with van der Waals surface area (Å²) in [5, 5.41) is 12.3. The molecule has 1 aromatic heterocycles. The minimum atomic E-state index is -4.13. The number of likely N-dealkylation sites (N-methyl/N-ethyl adjacent to an activating group) is 1. The van der Waals surface area contributed by atoms with Crippen molar-refractivity contribution in [2.75, 3.05) is 36.8 Å². The molecule has 2 aromatic carbocycles. The van der Waals surface area contributed by atoms with Gasteiger partial charge >= 0.3 is 6.03 Å². The molecule has 0 fully saturated rings. The number of ether oxygens (including phenoxy) is 1. The molecule has 0 saturated carbocycles. The molecule has 0 unspecified atom stereocenters. The SMILES string of the molecule is C[C@H](CO)N1C[C@H](C)[C@@H](CN(C)C(=O)Nc2ccc(F)cc2)Oc2c(NS(=O)(=O)c3cn(C)cn3)cccc2C1=O. The van der Waals surface area contributed by atoms with E-state index in [1.54, 1.807) is 21.0 Å². The minimum Gasteiger partial charge on any atom is -0.485 e. The molecule has 41 heavy (non-hydrogen) atoms. The summed E-state index contributed by atoms with van der Waals surface area (Å²) in [5.41, 5.74) is 0.525. The number of para-hydroxylation sites is 1. The molecule has 2 heterocycles. The van der Waals surface area contributed by atoms with Crippen molar-refractivity contribution in [3.8, 4) is 5.75 Å². The molecular formula is C27H33FN6O6S. The number of imidazole rings is 1. The number of aliphatic hydroxyl groups is 1. The quantitative estimate of drug-likeness (QED) is 0.367. The first kappa shape index (κ1) is 29.8. The van der Waals surface area contributed by atoms with E-state index in [1.165, 1.54) is 69.4 Å². The number of sulfonamides is 1. The average Bonchev–Trinajstić information content (AvgIpc) is 3.39. The molecule has 0 saturated heterocycles. The van der Waals surface area contributed by atoms with Crippen LogP contribution in [0.1, 0.15) is 24.2 Å². The third-order valence-corrected chi connectivity index (χ3v) is 8.04. The van der Waals surface area contributed by atoms with Crippen LogP contribution in [0.25, 0.3) is 0 Å². The zero-order valence-corrected chi connectivity index (χ0v) is 23.9. The second kappa shape index (κ2) is 12.1. The van der Waals surface area contributed by atoms with Gasteiger partial charge < -0.3 is 29.5 Å². The Kier molecular flexibility index (Phi) is 8.83. The van der Waals surface area contributed by atoms with E-state index in [0.29, 0.717) is 5.69 Å². The topological polar surface area (TPSA) is 146 Å². The number of hydrogen-bond acceptors (Lipinski definition) is 7. The lowest BCUT2D eigenvalue weighted by molar-refractivity contribution is 0.0373. The summed E-state index contributed by atoms with van der Waals surface area (Å²) in [5.74, 6) is -1.22. The molecule has 14 heteroatoms. The van der Waals surface area contributed by atoms with Crippen molar-refractivity contribution in [1.82, 2.24) is 19.4 Å². The largest absolute Gasteiger partial charge is 0.485 e. The summed E-state index contributed by atoms with van der Waals surface area (Å²) in [6.07, 6.45) is 1.99. The Balaban J connectivity index is 1.68. The Bertz CT molecular complexity index is 1510. The number of nitrogens with one attached hydrogen (secondary N) is 2. The summed E-state index contributed by atoms with van der Waals surface area (Å²) in [4.78, 5) is 33.4. The van der Waals surface area contributed by atoms with Crippen LogP contribution in [-0.4, -0.2) is 83.7 Å². The molecule has 220 valence electrons. The summed E-state index contributed by atoms with van der Waals surface area (Å²) >= 11 is 0. The van der Waals surface area contributed by atoms with Crippen LogP contribution in [0.3, 0.4) is 0 Å². The van der Waals surface area contributed by atoms with Crippen molar-refractivity contribution >= 4 is 33.3 Å². The second-order valence-electron chi connectivity index (χ2n) is 10.1. The molecule has 3 atom stereocenters. The summed E-state index contributed by atoms with van der Waals surface area (Å²) in [6.45, 7) is 3.53.